The van der Waals surface area contributed by atoms with Crippen LogP contribution in [-0.2, 0) is 4.74 Å². The molecule has 3 rings (SSSR count). The van der Waals surface area contributed by atoms with E-state index < -0.39 is 11.8 Å². The molecule has 3 aromatic rings. The lowest BCUT2D eigenvalue weighted by Gasteiger charge is -2.09. The van der Waals surface area contributed by atoms with Crippen LogP contribution >= 0.6 is 15.9 Å². The maximum atomic E-state index is 14.2. The highest BCUT2D eigenvalue weighted by Crippen LogP contribution is 2.37. The fourth-order valence-electron chi connectivity index (χ4n) is 2.02. The number of hydrogen-bond donors (Lipinski definition) is 1. The number of carbonyl (C=O) groups is 1. The van der Waals surface area contributed by atoms with E-state index in [0.29, 0.717) is 9.99 Å². The number of esters is 1. The fourth-order valence-corrected chi connectivity index (χ4v) is 2.64. The molecule has 0 radical (unpaired) electrons. The van der Waals surface area contributed by atoms with Crippen LogP contribution in [0.15, 0.2) is 41.1 Å². The minimum atomic E-state index is -0.549. The highest BCUT2D eigenvalue weighted by atomic mass is 79.9. The SMILES string of the molecule is COC(=O)c1ccnc(Oc2c(F)cc3[nH]ccc3c2Br)c1. The topological polar surface area (TPSA) is 64.2 Å². The summed E-state index contributed by atoms with van der Waals surface area (Å²) in [4.78, 5) is 18.4. The first-order chi connectivity index (χ1) is 10.6. The van der Waals surface area contributed by atoms with Crippen LogP contribution in [0, 0.1) is 5.82 Å². The van der Waals surface area contributed by atoms with Gasteiger partial charge in [-0.1, -0.05) is 0 Å². The number of rotatable bonds is 3. The van der Waals surface area contributed by atoms with Gasteiger partial charge in [0.2, 0.25) is 5.88 Å². The van der Waals surface area contributed by atoms with Gasteiger partial charge in [-0.15, -0.1) is 0 Å². The van der Waals surface area contributed by atoms with Crippen LogP contribution in [0.2, 0.25) is 0 Å². The molecule has 0 spiro atoms. The summed E-state index contributed by atoms with van der Waals surface area (Å²) >= 11 is 3.33. The van der Waals surface area contributed by atoms with Crippen LogP contribution in [0.5, 0.6) is 11.6 Å². The Morgan fingerprint density at radius 1 is 1.36 bits per heavy atom. The molecule has 7 heteroatoms. The van der Waals surface area contributed by atoms with Crippen molar-refractivity contribution in [3.8, 4) is 11.6 Å². The van der Waals surface area contributed by atoms with Crippen molar-refractivity contribution >= 4 is 32.8 Å². The third-order valence-electron chi connectivity index (χ3n) is 3.07. The molecule has 2 heterocycles. The van der Waals surface area contributed by atoms with Gasteiger partial charge >= 0.3 is 5.97 Å². The zero-order chi connectivity index (χ0) is 15.7. The van der Waals surface area contributed by atoms with Gasteiger partial charge in [-0.25, -0.2) is 14.2 Å². The number of aromatic amines is 1. The first-order valence-electron chi connectivity index (χ1n) is 6.27. The van der Waals surface area contributed by atoms with Crippen molar-refractivity contribution in [1.29, 1.82) is 0 Å². The zero-order valence-electron chi connectivity index (χ0n) is 11.4. The standard InChI is InChI=1S/C15H10BrFN2O3/c1-21-15(20)8-2-4-19-12(6-8)22-14-10(17)7-11-9(13(14)16)3-5-18-11/h2-7,18H,1H3. The monoisotopic (exact) mass is 364 g/mol. The third kappa shape index (κ3) is 2.55. The number of hydrogen-bond acceptors (Lipinski definition) is 4. The smallest absolute Gasteiger partial charge is 0.338 e. The molecule has 22 heavy (non-hydrogen) atoms. The van der Waals surface area contributed by atoms with E-state index in [1.54, 1.807) is 12.3 Å². The van der Waals surface area contributed by atoms with Crippen LogP contribution in [0.1, 0.15) is 10.4 Å². The van der Waals surface area contributed by atoms with Crippen molar-refractivity contribution in [1.82, 2.24) is 9.97 Å². The first-order valence-corrected chi connectivity index (χ1v) is 7.06. The quantitative estimate of drug-likeness (QED) is 0.712. The number of benzene rings is 1. The van der Waals surface area contributed by atoms with Crippen LogP contribution in [0.3, 0.4) is 0 Å². The molecule has 0 saturated heterocycles. The van der Waals surface area contributed by atoms with Crippen molar-refractivity contribution in [2.24, 2.45) is 0 Å². The summed E-state index contributed by atoms with van der Waals surface area (Å²) in [5.74, 6) is -0.973. The molecule has 1 N–H and O–H groups in total. The molecule has 0 fully saturated rings. The van der Waals surface area contributed by atoms with Gasteiger partial charge in [0.05, 0.1) is 17.1 Å². The van der Waals surface area contributed by atoms with Crippen molar-refractivity contribution < 1.29 is 18.7 Å². The van der Waals surface area contributed by atoms with E-state index in [1.165, 1.54) is 31.5 Å². The molecule has 5 nitrogen and oxygen atoms in total. The molecule has 0 bridgehead atoms. The molecule has 0 aliphatic heterocycles. The van der Waals surface area contributed by atoms with Crippen molar-refractivity contribution in [2.45, 2.75) is 0 Å². The van der Waals surface area contributed by atoms with Gasteiger partial charge in [0.15, 0.2) is 11.6 Å². The Hall–Kier alpha value is -2.41. The number of H-pyrrole nitrogens is 1. The fraction of sp³-hybridized carbons (Fsp3) is 0.0667. The number of pyridine rings is 1. The van der Waals surface area contributed by atoms with Gasteiger partial charge in [-0.05, 0) is 28.1 Å². The Labute approximate surface area is 133 Å². The average molecular weight is 365 g/mol. The molecule has 0 atom stereocenters. The second-order valence-corrected chi connectivity index (χ2v) is 5.21. The van der Waals surface area contributed by atoms with E-state index in [9.17, 15) is 9.18 Å². The normalized spacial score (nSPS) is 10.7. The first kappa shape index (κ1) is 14.5. The van der Waals surface area contributed by atoms with Crippen LogP contribution in [-0.4, -0.2) is 23.0 Å². The maximum absolute atomic E-state index is 14.2. The molecule has 0 unspecified atom stereocenters. The number of carbonyl (C=O) groups excluding carboxylic acids is 1. The highest BCUT2D eigenvalue weighted by molar-refractivity contribution is 9.10. The van der Waals surface area contributed by atoms with Gasteiger partial charge in [0, 0.05) is 35.4 Å². The number of ether oxygens (including phenoxy) is 2. The summed E-state index contributed by atoms with van der Waals surface area (Å²) in [5.41, 5.74) is 0.916. The minimum absolute atomic E-state index is 0.00150. The van der Waals surface area contributed by atoms with Crippen LogP contribution in [0.4, 0.5) is 4.39 Å². The molecule has 0 amide bonds. The molecular weight excluding hydrogens is 355 g/mol. The summed E-state index contributed by atoms with van der Waals surface area (Å²) in [6.45, 7) is 0. The predicted molar refractivity (Wildman–Crippen MR) is 81.6 cm³/mol. The minimum Gasteiger partial charge on any atom is -0.465 e. The largest absolute Gasteiger partial charge is 0.465 e. The van der Waals surface area contributed by atoms with E-state index in [-0.39, 0.29) is 17.2 Å². The van der Waals surface area contributed by atoms with Crippen molar-refractivity contribution in [3.05, 3.63) is 52.5 Å². The molecule has 1 aromatic carbocycles. The summed E-state index contributed by atoms with van der Waals surface area (Å²) < 4.78 is 24.8. The Morgan fingerprint density at radius 2 is 2.18 bits per heavy atom. The number of aromatic nitrogens is 2. The van der Waals surface area contributed by atoms with Gasteiger partial charge in [0.1, 0.15) is 0 Å². The molecule has 0 saturated carbocycles. The lowest BCUT2D eigenvalue weighted by Crippen LogP contribution is -2.02. The maximum Gasteiger partial charge on any atom is 0.338 e. The van der Waals surface area contributed by atoms with E-state index in [0.717, 1.165) is 5.39 Å². The highest BCUT2D eigenvalue weighted by Gasteiger charge is 2.16. The number of fused-ring (bicyclic) bond motifs is 1. The molecule has 112 valence electrons. The Bertz CT molecular complexity index is 863. The number of nitrogens with one attached hydrogen (secondary N) is 1. The average Bonchev–Trinajstić information content (AvgIpc) is 2.99. The zero-order valence-corrected chi connectivity index (χ0v) is 13.0. The second-order valence-electron chi connectivity index (χ2n) is 4.42. The van der Waals surface area contributed by atoms with Gasteiger partial charge in [0.25, 0.3) is 0 Å². The Morgan fingerprint density at radius 3 is 2.95 bits per heavy atom. The van der Waals surface area contributed by atoms with E-state index in [4.69, 9.17) is 4.74 Å². The Kier molecular flexibility index (Phi) is 3.81. The van der Waals surface area contributed by atoms with Gasteiger partial charge in [-0.3, -0.25) is 0 Å². The number of methoxy groups -OCH3 is 1. The van der Waals surface area contributed by atoms with E-state index in [1.807, 2.05) is 0 Å². The van der Waals surface area contributed by atoms with Crippen molar-refractivity contribution in [3.63, 3.8) is 0 Å². The summed E-state index contributed by atoms with van der Waals surface area (Å²) in [6.07, 6.45) is 3.09. The third-order valence-corrected chi connectivity index (χ3v) is 3.85. The van der Waals surface area contributed by atoms with Crippen LogP contribution in [0.25, 0.3) is 10.9 Å². The lowest BCUT2D eigenvalue weighted by molar-refractivity contribution is 0.0600. The van der Waals surface area contributed by atoms with Gasteiger partial charge < -0.3 is 14.5 Å². The van der Waals surface area contributed by atoms with Gasteiger partial charge in [-0.2, -0.15) is 0 Å². The molecular formula is C15H10BrFN2O3. The number of halogens is 2. The van der Waals surface area contributed by atoms with Crippen LogP contribution < -0.4 is 4.74 Å². The molecule has 0 aliphatic carbocycles. The van der Waals surface area contributed by atoms with E-state index >= 15 is 0 Å². The summed E-state index contributed by atoms with van der Waals surface area (Å²) in [7, 11) is 1.28. The predicted octanol–water partition coefficient (Wildman–Crippen LogP) is 4.04. The van der Waals surface area contributed by atoms with E-state index in [2.05, 4.69) is 30.6 Å². The number of nitrogens with zero attached hydrogens (tertiary/aromatic N) is 1. The summed E-state index contributed by atoms with van der Waals surface area (Å²) in [6, 6.07) is 6.00. The van der Waals surface area contributed by atoms with Crippen molar-refractivity contribution in [2.75, 3.05) is 7.11 Å². The lowest BCUT2D eigenvalue weighted by atomic mass is 10.2. The molecule has 2 aromatic heterocycles. The second kappa shape index (κ2) is 5.76. The summed E-state index contributed by atoms with van der Waals surface area (Å²) in [5, 5.41) is 0.778. The Balaban J connectivity index is 2.01. The molecule has 0 aliphatic rings.